The van der Waals surface area contributed by atoms with Crippen LogP contribution in [0.2, 0.25) is 0 Å². The average Bonchev–Trinajstić information content (AvgIpc) is 0.910. The van der Waals surface area contributed by atoms with E-state index in [-0.39, 0.29) is 78.1 Å². The quantitative estimate of drug-likeness (QED) is 0.119. The molecule has 110 heavy (non-hydrogen) atoms. The Balaban J connectivity index is -0.000000152. The standard InChI is InChI=1S/2C26H40N4O4.2C2H3N.6ClHO4.4Co.2H2O/c2*27-25-7-3-1-5-23(25)21-29-9-13-31-17-19-33-15-11-30(12-16-34-20-18-32-14-10-29)22-24-6-2-4-8-26(24)28;2*1-2-3;6*2-1(3,4)5;;;;;;/h2*1-8H,9-22,27-28H2;2*1H3;6*(H,2,3,4,5);;;;;2*1H2/q;;;;;;;;;;4*+2;;/p-8. The van der Waals surface area contributed by atoms with Gasteiger partial charge < -0.3 is 71.8 Å². The zero-order valence-corrected chi connectivity index (χ0v) is 67.3. The molecule has 0 spiro atoms. The van der Waals surface area contributed by atoms with Crippen LogP contribution in [-0.4, -0.2) is 189 Å². The zero-order chi connectivity index (χ0) is 80.1. The summed E-state index contributed by atoms with van der Waals surface area (Å²) in [5, 5.41) is 14.6. The van der Waals surface area contributed by atoms with Crippen LogP contribution >= 0.6 is 0 Å². The normalized spacial score (nSPS) is 15.3. The van der Waals surface area contributed by atoms with Gasteiger partial charge in [-0.25, -0.2) is 112 Å². The van der Waals surface area contributed by atoms with Gasteiger partial charge in [0.1, 0.15) is 0 Å². The maximum Gasteiger partial charge on any atom is 2.00 e. The van der Waals surface area contributed by atoms with Crippen molar-refractivity contribution in [2.75, 3.05) is 181 Å². The van der Waals surface area contributed by atoms with E-state index >= 15 is 0 Å². The predicted octanol–water partition coefficient (Wildman–Crippen LogP) is -23.4. The third-order valence-electron chi connectivity index (χ3n) is 11.7. The molecular formula is C56H88Cl6Co4N10O34. The number of hydrogen-bond donors (Lipinski definition) is 4. The van der Waals surface area contributed by atoms with Crippen LogP contribution in [0.25, 0.3) is 0 Å². The molecule has 4 aromatic carbocycles. The molecule has 2 heterocycles. The van der Waals surface area contributed by atoms with E-state index in [1.54, 1.807) is 12.1 Å². The van der Waals surface area contributed by atoms with Crippen molar-refractivity contribution >= 4 is 22.7 Å². The number of ether oxygens (including phenoxy) is 8. The number of nitriles is 2. The van der Waals surface area contributed by atoms with Gasteiger partial charge in [-0.1, -0.05) is 72.8 Å². The van der Waals surface area contributed by atoms with Crippen molar-refractivity contribution in [2.24, 2.45) is 0 Å². The van der Waals surface area contributed by atoms with Gasteiger partial charge in [-0.05, 0) is 46.5 Å². The summed E-state index contributed by atoms with van der Waals surface area (Å²) in [4.78, 5) is 9.24. The van der Waals surface area contributed by atoms with Gasteiger partial charge in [0.15, 0.2) is 0 Å². The summed E-state index contributed by atoms with van der Waals surface area (Å²) in [6.45, 7) is 22.1. The van der Waals surface area contributed by atoms with Crippen LogP contribution in [0, 0.1) is 84.1 Å². The van der Waals surface area contributed by atoms with E-state index in [4.69, 9.17) is 183 Å². The van der Waals surface area contributed by atoms with Crippen molar-refractivity contribution in [2.45, 2.75) is 40.0 Å². The average molecular weight is 1890 g/mol. The largest absolute Gasteiger partial charge is 2.00 e. The molecule has 0 aliphatic carbocycles. The summed E-state index contributed by atoms with van der Waals surface area (Å²) in [7, 11) is -29.7. The Labute approximate surface area is 689 Å². The smallest absolute Gasteiger partial charge is 0.870 e. The number of para-hydroxylation sites is 4. The van der Waals surface area contributed by atoms with Crippen LogP contribution in [0.3, 0.4) is 0 Å². The molecule has 2 saturated heterocycles. The second-order valence-corrected chi connectivity index (χ2v) is 24.0. The van der Waals surface area contributed by atoms with E-state index in [1.165, 1.54) is 13.8 Å². The summed E-state index contributed by atoms with van der Waals surface area (Å²) in [6.07, 6.45) is 0. The number of hydrogen-bond acceptors (Lipinski definition) is 44. The predicted molar refractivity (Wildman–Crippen MR) is 298 cm³/mol. The molecule has 2 fully saturated rings. The molecule has 0 aromatic heterocycles. The summed E-state index contributed by atoms with van der Waals surface area (Å²) in [5.74, 6) is 0. The molecular weight excluding hydrogens is 1810 g/mol. The Kier molecular flexibility index (Phi) is 90.3. The molecule has 0 amide bonds. The van der Waals surface area contributed by atoms with Crippen LogP contribution in [0.15, 0.2) is 97.1 Å². The molecule has 6 rings (SSSR count). The van der Waals surface area contributed by atoms with Gasteiger partial charge in [-0.2, -0.15) is 10.5 Å². The third kappa shape index (κ3) is 112. The maximum atomic E-state index is 8.49. The van der Waals surface area contributed by atoms with Crippen molar-refractivity contribution in [1.82, 2.24) is 19.6 Å². The number of nitrogen functional groups attached to an aromatic ring is 4. The van der Waals surface area contributed by atoms with E-state index in [2.05, 4.69) is 43.9 Å². The first-order chi connectivity index (χ1) is 48.3. The van der Waals surface area contributed by atoms with Gasteiger partial charge in [0.05, 0.1) is 118 Å². The van der Waals surface area contributed by atoms with Crippen molar-refractivity contribution < 1.29 is 289 Å². The molecule has 0 unspecified atom stereocenters. The second-order valence-electron chi connectivity index (χ2n) is 19.5. The molecule has 44 nitrogen and oxygen atoms in total. The number of nitrogens with two attached hydrogens (primary N) is 4. The van der Waals surface area contributed by atoms with Gasteiger partial charge in [-0.15, -0.1) is 61.5 Å². The summed E-state index contributed by atoms with van der Waals surface area (Å²) < 4.78 is 250. The Morgan fingerprint density at radius 2 is 0.364 bits per heavy atom. The van der Waals surface area contributed by atoms with E-state index < -0.39 is 61.5 Å². The Morgan fingerprint density at radius 1 is 0.264 bits per heavy atom. The fraction of sp³-hybridized carbons (Fsp3) is 0.536. The fourth-order valence-electron chi connectivity index (χ4n) is 7.59. The van der Waals surface area contributed by atoms with Gasteiger partial charge in [0.25, 0.3) is 0 Å². The molecule has 4 aromatic rings. The molecule has 0 bridgehead atoms. The number of rotatable bonds is 8. The monoisotopic (exact) mass is 1890 g/mol. The number of anilines is 4. The van der Waals surface area contributed by atoms with Crippen LogP contribution in [-0.2, 0) is 131 Å². The molecule has 2 aliphatic heterocycles. The molecule has 4 radical (unpaired) electrons. The van der Waals surface area contributed by atoms with Crippen LogP contribution in [0.5, 0.6) is 0 Å². The van der Waals surface area contributed by atoms with Crippen LogP contribution in [0.4, 0.5) is 22.7 Å². The summed E-state index contributed by atoms with van der Waals surface area (Å²) in [6, 6.07) is 35.4. The second kappa shape index (κ2) is 77.5. The van der Waals surface area contributed by atoms with Crippen molar-refractivity contribution in [1.29, 1.82) is 10.5 Å². The van der Waals surface area contributed by atoms with Crippen molar-refractivity contribution in [3.05, 3.63) is 119 Å². The van der Waals surface area contributed by atoms with Gasteiger partial charge >= 0.3 is 67.1 Å². The first kappa shape index (κ1) is 128. The van der Waals surface area contributed by atoms with Crippen molar-refractivity contribution in [3.63, 3.8) is 0 Å². The molecule has 0 atom stereocenters. The van der Waals surface area contributed by atoms with Crippen LogP contribution < -0.4 is 135 Å². The zero-order valence-electron chi connectivity index (χ0n) is 58.6. The maximum absolute atomic E-state index is 8.49. The van der Waals surface area contributed by atoms with E-state index in [1.807, 2.05) is 72.8 Å². The SMILES string of the molecule is CC#N.CC#N.Nc1ccccc1CN1CCOCCOCCN(Cc2ccccc2N)CCOCCOCC1.Nc1ccccc1CN1CCOCCOCCN(Cc2ccccc2N)CCOCCOCC1.[Co+2].[Co+2].[Co+2].[Co+2].[O-][Cl+3]([O-])([O-])[O-].[O-][Cl+3]([O-])([O-])[O-].[O-][Cl+3]([O-])([O-])[O-].[O-][Cl+3]([O-])([O-])[O-].[O-][Cl+3]([O-])([O-])[O-].[O-][Cl+3]([O-])([O-])[O-].[OH-].[OH-]. The minimum absolute atomic E-state index is 0. The Hall–Kier alpha value is -2.69. The number of nitrogens with zero attached hydrogens (tertiary/aromatic N) is 6. The first-order valence-electron chi connectivity index (χ1n) is 29.4. The molecule has 10 N–H and O–H groups in total. The molecule has 2 aliphatic rings. The van der Waals surface area contributed by atoms with E-state index in [9.17, 15) is 0 Å². The van der Waals surface area contributed by atoms with Gasteiger partial charge in [0, 0.05) is 115 Å². The van der Waals surface area contributed by atoms with Crippen molar-refractivity contribution in [3.8, 4) is 12.1 Å². The molecule has 644 valence electrons. The van der Waals surface area contributed by atoms with E-state index in [0.29, 0.717) is 106 Å². The minimum Gasteiger partial charge on any atom is -0.870 e. The van der Waals surface area contributed by atoms with E-state index in [0.717, 1.165) is 124 Å². The molecule has 0 saturated carbocycles. The topological polar surface area (TPSA) is 852 Å². The summed E-state index contributed by atoms with van der Waals surface area (Å²) in [5.41, 5.74) is 32.3. The molecule has 54 heteroatoms. The third-order valence-corrected chi connectivity index (χ3v) is 11.7. The summed E-state index contributed by atoms with van der Waals surface area (Å²) >= 11 is 0. The van der Waals surface area contributed by atoms with Gasteiger partial charge in [-0.3, -0.25) is 19.6 Å². The van der Waals surface area contributed by atoms with Crippen LogP contribution in [0.1, 0.15) is 36.1 Å². The fourth-order valence-corrected chi connectivity index (χ4v) is 7.59. The number of halogens is 6. The number of benzene rings is 4. The Bertz CT molecular complexity index is 2350. The Morgan fingerprint density at radius 3 is 0.464 bits per heavy atom. The minimum atomic E-state index is -4.94. The first-order valence-corrected chi connectivity index (χ1v) is 36.8. The van der Waals surface area contributed by atoms with Gasteiger partial charge in [0.2, 0.25) is 0 Å².